The molecule has 1 aliphatic carbocycles. The molecule has 3 nitrogen and oxygen atoms in total. The molecule has 0 amide bonds. The average molecular weight is 237 g/mol. The summed E-state index contributed by atoms with van der Waals surface area (Å²) in [6.07, 6.45) is 3.58. The minimum absolute atomic E-state index is 0.0736. The maximum absolute atomic E-state index is 10.6. The molecule has 86 valence electrons. The lowest BCUT2D eigenvalue weighted by atomic mass is 10.2. The van der Waals surface area contributed by atoms with Crippen LogP contribution >= 0.6 is 11.8 Å². The van der Waals surface area contributed by atoms with Crippen molar-refractivity contribution in [3.05, 3.63) is 23.4 Å². The SMILES string of the molecule is CC(CC(=O)O)Sc1ccc2c(n1)CCC2. The van der Waals surface area contributed by atoms with Gasteiger partial charge in [0.05, 0.1) is 11.4 Å². The van der Waals surface area contributed by atoms with E-state index in [4.69, 9.17) is 5.11 Å². The predicted octanol–water partition coefficient (Wildman–Crippen LogP) is 2.53. The molecule has 4 heteroatoms. The monoisotopic (exact) mass is 237 g/mol. The van der Waals surface area contributed by atoms with Crippen LogP contribution in [0.3, 0.4) is 0 Å². The number of carboxylic acids is 1. The molecule has 1 aromatic heterocycles. The summed E-state index contributed by atoms with van der Waals surface area (Å²) in [6.45, 7) is 1.92. The zero-order valence-electron chi connectivity index (χ0n) is 9.27. The van der Waals surface area contributed by atoms with Crippen molar-refractivity contribution in [2.24, 2.45) is 0 Å². The third-order valence-electron chi connectivity index (χ3n) is 2.69. The Morgan fingerprint density at radius 1 is 1.56 bits per heavy atom. The van der Waals surface area contributed by atoms with E-state index in [1.165, 1.54) is 17.7 Å². The highest BCUT2D eigenvalue weighted by Gasteiger charge is 2.15. The molecule has 1 aromatic rings. The largest absolute Gasteiger partial charge is 0.481 e. The maximum atomic E-state index is 10.6. The Bertz CT molecular complexity index is 406. The third-order valence-corrected chi connectivity index (χ3v) is 3.72. The second-order valence-electron chi connectivity index (χ2n) is 4.14. The Morgan fingerprint density at radius 3 is 3.12 bits per heavy atom. The van der Waals surface area contributed by atoms with Crippen LogP contribution in [0.4, 0.5) is 0 Å². The van der Waals surface area contributed by atoms with E-state index in [0.717, 1.165) is 17.9 Å². The summed E-state index contributed by atoms with van der Waals surface area (Å²) >= 11 is 1.55. The van der Waals surface area contributed by atoms with E-state index in [9.17, 15) is 4.79 Å². The summed E-state index contributed by atoms with van der Waals surface area (Å²) in [6, 6.07) is 4.14. The number of pyridine rings is 1. The topological polar surface area (TPSA) is 50.2 Å². The summed E-state index contributed by atoms with van der Waals surface area (Å²) in [7, 11) is 0. The molecule has 0 saturated carbocycles. The molecule has 0 aromatic carbocycles. The number of aliphatic carboxylic acids is 1. The second kappa shape index (κ2) is 4.87. The molecule has 1 heterocycles. The lowest BCUT2D eigenvalue weighted by molar-refractivity contribution is -0.136. The lowest BCUT2D eigenvalue weighted by Crippen LogP contribution is -2.06. The second-order valence-corrected chi connectivity index (χ2v) is 5.59. The third kappa shape index (κ3) is 2.76. The van der Waals surface area contributed by atoms with Crippen LogP contribution in [0.1, 0.15) is 31.0 Å². The minimum atomic E-state index is -0.749. The fraction of sp³-hybridized carbons (Fsp3) is 0.500. The van der Waals surface area contributed by atoms with Gasteiger partial charge in [0.25, 0.3) is 0 Å². The van der Waals surface area contributed by atoms with Crippen LogP contribution < -0.4 is 0 Å². The number of rotatable bonds is 4. The molecule has 1 atom stereocenters. The first-order valence-corrected chi connectivity index (χ1v) is 6.40. The molecule has 1 unspecified atom stereocenters. The molecule has 1 aliphatic rings. The zero-order chi connectivity index (χ0) is 11.5. The number of aryl methyl sites for hydroxylation is 2. The quantitative estimate of drug-likeness (QED) is 0.817. The van der Waals surface area contributed by atoms with E-state index in [2.05, 4.69) is 11.1 Å². The number of aromatic nitrogens is 1. The van der Waals surface area contributed by atoms with Crippen LogP contribution in [-0.2, 0) is 17.6 Å². The molecule has 0 bridgehead atoms. The summed E-state index contributed by atoms with van der Waals surface area (Å²) < 4.78 is 0. The Labute approximate surface area is 99.3 Å². The summed E-state index contributed by atoms with van der Waals surface area (Å²) in [5, 5.41) is 9.71. The standard InChI is InChI=1S/C12H15NO2S/c1-8(7-12(14)15)16-11-6-5-9-3-2-4-10(9)13-11/h5-6,8H,2-4,7H2,1H3,(H,14,15). The molecule has 0 aliphatic heterocycles. The van der Waals surface area contributed by atoms with Crippen molar-refractivity contribution in [3.63, 3.8) is 0 Å². The fourth-order valence-corrected chi connectivity index (χ4v) is 2.91. The number of thioether (sulfide) groups is 1. The molecule has 1 N–H and O–H groups in total. The van der Waals surface area contributed by atoms with Gasteiger partial charge in [-0.3, -0.25) is 4.79 Å². The smallest absolute Gasteiger partial charge is 0.304 e. The van der Waals surface area contributed by atoms with Crippen molar-refractivity contribution >= 4 is 17.7 Å². The van der Waals surface area contributed by atoms with Crippen LogP contribution in [0.15, 0.2) is 17.2 Å². The molecule has 2 rings (SSSR count). The molecular weight excluding hydrogens is 222 g/mol. The first-order valence-electron chi connectivity index (χ1n) is 5.52. The van der Waals surface area contributed by atoms with E-state index < -0.39 is 5.97 Å². The van der Waals surface area contributed by atoms with Crippen LogP contribution in [0.25, 0.3) is 0 Å². The van der Waals surface area contributed by atoms with Crippen molar-refractivity contribution in [1.82, 2.24) is 4.98 Å². The molecule has 16 heavy (non-hydrogen) atoms. The molecule has 0 saturated heterocycles. The van der Waals surface area contributed by atoms with Crippen LogP contribution in [0, 0.1) is 0 Å². The van der Waals surface area contributed by atoms with E-state index in [0.29, 0.717) is 0 Å². The number of carboxylic acid groups (broad SMARTS) is 1. The van der Waals surface area contributed by atoms with Gasteiger partial charge < -0.3 is 5.11 Å². The van der Waals surface area contributed by atoms with Crippen molar-refractivity contribution < 1.29 is 9.90 Å². The van der Waals surface area contributed by atoms with Gasteiger partial charge in [-0.2, -0.15) is 0 Å². The van der Waals surface area contributed by atoms with Crippen LogP contribution in [0.2, 0.25) is 0 Å². The van der Waals surface area contributed by atoms with Gasteiger partial charge in [0.1, 0.15) is 0 Å². The van der Waals surface area contributed by atoms with Gasteiger partial charge in [0.2, 0.25) is 0 Å². The highest BCUT2D eigenvalue weighted by atomic mass is 32.2. The minimum Gasteiger partial charge on any atom is -0.481 e. The van der Waals surface area contributed by atoms with Gasteiger partial charge in [-0.25, -0.2) is 4.98 Å². The van der Waals surface area contributed by atoms with Gasteiger partial charge in [-0.1, -0.05) is 13.0 Å². The first-order chi connectivity index (χ1) is 7.65. The molecule has 0 fully saturated rings. The van der Waals surface area contributed by atoms with Gasteiger partial charge >= 0.3 is 5.97 Å². The predicted molar refractivity (Wildman–Crippen MR) is 63.8 cm³/mol. The van der Waals surface area contributed by atoms with Gasteiger partial charge in [-0.15, -0.1) is 11.8 Å². The Balaban J connectivity index is 2.02. The van der Waals surface area contributed by atoms with Crippen molar-refractivity contribution in [2.45, 2.75) is 42.9 Å². The number of hydrogen-bond acceptors (Lipinski definition) is 3. The fourth-order valence-electron chi connectivity index (χ4n) is 1.96. The highest BCUT2D eigenvalue weighted by molar-refractivity contribution is 7.99. The number of carbonyl (C=O) groups is 1. The van der Waals surface area contributed by atoms with Gasteiger partial charge in [0, 0.05) is 10.9 Å². The molecular formula is C12H15NO2S. The summed E-state index contributed by atoms with van der Waals surface area (Å²) in [5.74, 6) is -0.749. The van der Waals surface area contributed by atoms with Gasteiger partial charge in [-0.05, 0) is 30.9 Å². The van der Waals surface area contributed by atoms with E-state index >= 15 is 0 Å². The van der Waals surface area contributed by atoms with Crippen LogP contribution in [-0.4, -0.2) is 21.3 Å². The van der Waals surface area contributed by atoms with E-state index in [1.807, 2.05) is 13.0 Å². The van der Waals surface area contributed by atoms with Crippen LogP contribution in [0.5, 0.6) is 0 Å². The van der Waals surface area contributed by atoms with E-state index in [1.54, 1.807) is 11.8 Å². The zero-order valence-corrected chi connectivity index (χ0v) is 10.1. The summed E-state index contributed by atoms with van der Waals surface area (Å²) in [4.78, 5) is 15.1. The summed E-state index contributed by atoms with van der Waals surface area (Å²) in [5.41, 5.74) is 2.56. The van der Waals surface area contributed by atoms with Crippen molar-refractivity contribution in [1.29, 1.82) is 0 Å². The highest BCUT2D eigenvalue weighted by Crippen LogP contribution is 2.27. The molecule has 0 radical (unpaired) electrons. The normalized spacial score (nSPS) is 15.8. The number of nitrogens with zero attached hydrogens (tertiary/aromatic N) is 1. The number of hydrogen-bond donors (Lipinski definition) is 1. The van der Waals surface area contributed by atoms with Crippen molar-refractivity contribution in [2.75, 3.05) is 0 Å². The van der Waals surface area contributed by atoms with E-state index in [-0.39, 0.29) is 11.7 Å². The Hall–Kier alpha value is -1.03. The Morgan fingerprint density at radius 2 is 2.38 bits per heavy atom. The Kier molecular flexibility index (Phi) is 3.49. The maximum Gasteiger partial charge on any atom is 0.304 e. The lowest BCUT2D eigenvalue weighted by Gasteiger charge is -2.08. The van der Waals surface area contributed by atoms with Gasteiger partial charge in [0.15, 0.2) is 0 Å². The average Bonchev–Trinajstić information content (AvgIpc) is 2.63. The molecule has 0 spiro atoms. The number of fused-ring (bicyclic) bond motifs is 1. The van der Waals surface area contributed by atoms with Crippen molar-refractivity contribution in [3.8, 4) is 0 Å². The first kappa shape index (κ1) is 11.5.